The predicted molar refractivity (Wildman–Crippen MR) is 73.7 cm³/mol. The Morgan fingerprint density at radius 3 is 2.81 bits per heavy atom. The summed E-state index contributed by atoms with van der Waals surface area (Å²) in [5.74, 6) is 1.11. The molecule has 0 bridgehead atoms. The molecule has 0 unspecified atom stereocenters. The second kappa shape index (κ2) is 6.31. The molecule has 0 spiro atoms. The number of nitro groups is 1. The number of hydrogen-bond donors (Lipinski definition) is 1. The molecule has 8 nitrogen and oxygen atoms in total. The van der Waals surface area contributed by atoms with E-state index in [0.717, 1.165) is 0 Å². The van der Waals surface area contributed by atoms with E-state index in [0.29, 0.717) is 17.3 Å². The Kier molecular flexibility index (Phi) is 4.49. The van der Waals surface area contributed by atoms with Crippen molar-refractivity contribution in [2.45, 2.75) is 32.9 Å². The van der Waals surface area contributed by atoms with Gasteiger partial charge >= 0.3 is 5.69 Å². The first-order valence-corrected chi connectivity index (χ1v) is 6.44. The third-order valence-corrected chi connectivity index (χ3v) is 2.79. The van der Waals surface area contributed by atoms with Crippen molar-refractivity contribution in [2.75, 3.05) is 0 Å². The average Bonchev–Trinajstić information content (AvgIpc) is 2.94. The van der Waals surface area contributed by atoms with Crippen LogP contribution in [0.3, 0.4) is 0 Å². The molecule has 0 saturated carbocycles. The lowest BCUT2D eigenvalue weighted by Gasteiger charge is -2.05. The molecular formula is C13H16N4O4. The number of benzene rings is 1. The summed E-state index contributed by atoms with van der Waals surface area (Å²) in [6.45, 7) is 4.08. The van der Waals surface area contributed by atoms with Gasteiger partial charge in [0.15, 0.2) is 12.4 Å². The summed E-state index contributed by atoms with van der Waals surface area (Å²) in [6, 6.07) is 4.59. The van der Waals surface area contributed by atoms with Gasteiger partial charge in [0.1, 0.15) is 0 Å². The zero-order valence-electron chi connectivity index (χ0n) is 11.8. The van der Waals surface area contributed by atoms with Gasteiger partial charge in [-0.05, 0) is 11.6 Å². The summed E-state index contributed by atoms with van der Waals surface area (Å²) in [6.07, 6.45) is 0. The zero-order valence-corrected chi connectivity index (χ0v) is 11.8. The van der Waals surface area contributed by atoms with Gasteiger partial charge in [0.25, 0.3) is 0 Å². The van der Waals surface area contributed by atoms with Gasteiger partial charge in [-0.25, -0.2) is 0 Å². The molecule has 0 aliphatic heterocycles. The first kappa shape index (κ1) is 14.9. The molecule has 21 heavy (non-hydrogen) atoms. The Balaban J connectivity index is 2.13. The summed E-state index contributed by atoms with van der Waals surface area (Å²) in [5.41, 5.74) is 6.00. The van der Waals surface area contributed by atoms with Gasteiger partial charge in [-0.3, -0.25) is 10.1 Å². The van der Waals surface area contributed by atoms with Crippen molar-refractivity contribution in [3.63, 3.8) is 0 Å². The second-order valence-corrected chi connectivity index (χ2v) is 4.76. The van der Waals surface area contributed by atoms with Crippen molar-refractivity contribution >= 4 is 5.69 Å². The van der Waals surface area contributed by atoms with Gasteiger partial charge in [-0.2, -0.15) is 4.98 Å². The van der Waals surface area contributed by atoms with E-state index in [-0.39, 0.29) is 30.5 Å². The maximum absolute atomic E-state index is 11.0. The fourth-order valence-electron chi connectivity index (χ4n) is 1.66. The number of rotatable bonds is 6. The summed E-state index contributed by atoms with van der Waals surface area (Å²) < 4.78 is 10.4. The average molecular weight is 292 g/mol. The normalized spacial score (nSPS) is 10.9. The number of nitrogens with zero attached hydrogens (tertiary/aromatic N) is 3. The first-order valence-electron chi connectivity index (χ1n) is 6.44. The van der Waals surface area contributed by atoms with Crippen LogP contribution in [0, 0.1) is 10.1 Å². The molecule has 0 aliphatic rings. The zero-order chi connectivity index (χ0) is 15.4. The van der Waals surface area contributed by atoms with Gasteiger partial charge in [-0.15, -0.1) is 0 Å². The lowest BCUT2D eigenvalue weighted by molar-refractivity contribution is -0.386. The highest BCUT2D eigenvalue weighted by molar-refractivity contribution is 5.48. The van der Waals surface area contributed by atoms with E-state index >= 15 is 0 Å². The SMILES string of the molecule is CC(C)c1nc(COc2ccc(CN)cc2[N+](=O)[O-])no1. The minimum atomic E-state index is -0.510. The number of hydrogen-bond acceptors (Lipinski definition) is 7. The van der Waals surface area contributed by atoms with E-state index in [1.165, 1.54) is 12.1 Å². The summed E-state index contributed by atoms with van der Waals surface area (Å²) in [5, 5.41) is 14.8. The minimum Gasteiger partial charge on any atom is -0.478 e. The third-order valence-electron chi connectivity index (χ3n) is 2.79. The van der Waals surface area contributed by atoms with Crippen LogP contribution in [-0.4, -0.2) is 15.1 Å². The summed E-state index contributed by atoms with van der Waals surface area (Å²) >= 11 is 0. The first-order chi connectivity index (χ1) is 10.0. The molecule has 2 aromatic rings. The molecule has 0 fully saturated rings. The molecular weight excluding hydrogens is 276 g/mol. The molecule has 0 atom stereocenters. The minimum absolute atomic E-state index is 0.000961. The quantitative estimate of drug-likeness (QED) is 0.640. The van der Waals surface area contributed by atoms with Gasteiger partial charge < -0.3 is 15.0 Å². The predicted octanol–water partition coefficient (Wildman–Crippen LogP) is 2.14. The molecule has 2 N–H and O–H groups in total. The monoisotopic (exact) mass is 292 g/mol. The third kappa shape index (κ3) is 3.54. The van der Waals surface area contributed by atoms with Crippen molar-refractivity contribution in [3.05, 3.63) is 45.6 Å². The van der Waals surface area contributed by atoms with Crippen molar-refractivity contribution in [3.8, 4) is 5.75 Å². The van der Waals surface area contributed by atoms with Gasteiger partial charge in [0.2, 0.25) is 11.7 Å². The van der Waals surface area contributed by atoms with Crippen molar-refractivity contribution in [1.29, 1.82) is 0 Å². The molecule has 0 amide bonds. The number of aromatic nitrogens is 2. The smallest absolute Gasteiger partial charge is 0.311 e. The summed E-state index contributed by atoms with van der Waals surface area (Å²) in [4.78, 5) is 14.7. The number of ether oxygens (including phenoxy) is 1. The van der Waals surface area contributed by atoms with Crippen LogP contribution in [0.15, 0.2) is 22.7 Å². The van der Waals surface area contributed by atoms with E-state index < -0.39 is 4.92 Å². The maximum Gasteiger partial charge on any atom is 0.311 e. The van der Waals surface area contributed by atoms with Gasteiger partial charge in [-0.1, -0.05) is 25.1 Å². The summed E-state index contributed by atoms with van der Waals surface area (Å²) in [7, 11) is 0. The maximum atomic E-state index is 11.0. The van der Waals surface area contributed by atoms with E-state index in [1.54, 1.807) is 6.07 Å². The van der Waals surface area contributed by atoms with E-state index in [2.05, 4.69) is 10.1 Å². The van der Waals surface area contributed by atoms with Crippen molar-refractivity contribution < 1.29 is 14.2 Å². The van der Waals surface area contributed by atoms with E-state index in [1.807, 2.05) is 13.8 Å². The number of nitro benzene ring substituents is 1. The van der Waals surface area contributed by atoms with Crippen LogP contribution in [0.25, 0.3) is 0 Å². The molecule has 8 heteroatoms. The van der Waals surface area contributed by atoms with Crippen molar-refractivity contribution in [1.82, 2.24) is 10.1 Å². The largest absolute Gasteiger partial charge is 0.478 e. The Hall–Kier alpha value is -2.48. The molecule has 0 aliphatic carbocycles. The highest BCUT2D eigenvalue weighted by atomic mass is 16.6. The molecule has 2 rings (SSSR count). The van der Waals surface area contributed by atoms with E-state index in [9.17, 15) is 10.1 Å². The van der Waals surface area contributed by atoms with Crippen LogP contribution in [0.4, 0.5) is 5.69 Å². The Morgan fingerprint density at radius 2 is 2.24 bits per heavy atom. The molecule has 0 radical (unpaired) electrons. The molecule has 1 heterocycles. The topological polar surface area (TPSA) is 117 Å². The van der Waals surface area contributed by atoms with Crippen molar-refractivity contribution in [2.24, 2.45) is 5.73 Å². The molecule has 112 valence electrons. The Labute approximate surface area is 121 Å². The Bertz CT molecular complexity index is 639. The fraction of sp³-hybridized carbons (Fsp3) is 0.385. The Morgan fingerprint density at radius 1 is 1.48 bits per heavy atom. The lowest BCUT2D eigenvalue weighted by atomic mass is 10.2. The van der Waals surface area contributed by atoms with Crippen LogP contribution in [0.1, 0.15) is 37.0 Å². The fourth-order valence-corrected chi connectivity index (χ4v) is 1.66. The van der Waals surface area contributed by atoms with Crippen LogP contribution < -0.4 is 10.5 Å². The molecule has 1 aromatic heterocycles. The van der Waals surface area contributed by atoms with Crippen LogP contribution in [0.2, 0.25) is 0 Å². The van der Waals surface area contributed by atoms with Gasteiger partial charge in [0.05, 0.1) is 4.92 Å². The van der Waals surface area contributed by atoms with Crippen LogP contribution >= 0.6 is 0 Å². The lowest BCUT2D eigenvalue weighted by Crippen LogP contribution is -2.03. The second-order valence-electron chi connectivity index (χ2n) is 4.76. The highest BCUT2D eigenvalue weighted by Crippen LogP contribution is 2.28. The van der Waals surface area contributed by atoms with Crippen LogP contribution in [-0.2, 0) is 13.2 Å². The number of nitrogens with two attached hydrogens (primary N) is 1. The molecule has 0 saturated heterocycles. The standard InChI is InChI=1S/C13H16N4O4/c1-8(2)13-15-12(16-21-13)7-20-11-4-3-9(6-14)5-10(11)17(18)19/h3-5,8H,6-7,14H2,1-2H3. The van der Waals surface area contributed by atoms with Crippen LogP contribution in [0.5, 0.6) is 5.75 Å². The van der Waals surface area contributed by atoms with E-state index in [4.69, 9.17) is 15.0 Å². The van der Waals surface area contributed by atoms with Gasteiger partial charge in [0, 0.05) is 18.5 Å². The highest BCUT2D eigenvalue weighted by Gasteiger charge is 2.17. The molecule has 1 aromatic carbocycles.